The number of hydrogen-bond acceptors (Lipinski definition) is 3. The molecule has 0 aliphatic carbocycles. The van der Waals surface area contributed by atoms with Crippen LogP contribution in [0.4, 0.5) is 5.82 Å². The Kier molecular flexibility index (Phi) is 1.59. The third-order valence-electron chi connectivity index (χ3n) is 1.54. The molecule has 2 N–H and O–H groups in total. The molecule has 0 aliphatic rings. The molecule has 0 saturated carbocycles. The van der Waals surface area contributed by atoms with Crippen molar-refractivity contribution < 1.29 is 0 Å². The first-order valence-electron chi connectivity index (χ1n) is 3.44. The van der Waals surface area contributed by atoms with Crippen LogP contribution in [0.5, 0.6) is 0 Å². The molecule has 2 heterocycles. The summed E-state index contributed by atoms with van der Waals surface area (Å²) in [6.45, 7) is 0. The normalized spacial score (nSPS) is 10.4. The number of nitrogens with zero attached hydrogens (tertiary/aromatic N) is 2. The Morgan fingerprint density at radius 1 is 1.08 bits per heavy atom. The van der Waals surface area contributed by atoms with Gasteiger partial charge in [-0.15, -0.1) is 0 Å². The van der Waals surface area contributed by atoms with Gasteiger partial charge in [-0.05, 0) is 24.3 Å². The van der Waals surface area contributed by atoms with Crippen molar-refractivity contribution in [3.8, 4) is 0 Å². The van der Waals surface area contributed by atoms with Gasteiger partial charge in [-0.25, -0.2) is 9.97 Å². The second-order valence-electron chi connectivity index (χ2n) is 2.42. The molecule has 0 amide bonds. The first kappa shape index (κ1) is 7.31. The first-order valence-corrected chi connectivity index (χ1v) is 3.82. The van der Waals surface area contributed by atoms with Crippen LogP contribution in [0.15, 0.2) is 24.3 Å². The summed E-state index contributed by atoms with van der Waals surface area (Å²) >= 11 is 5.68. The predicted octanol–water partition coefficient (Wildman–Crippen LogP) is 1.87. The van der Waals surface area contributed by atoms with Crippen molar-refractivity contribution in [3.63, 3.8) is 0 Å². The van der Waals surface area contributed by atoms with Crippen molar-refractivity contribution in [1.29, 1.82) is 0 Å². The highest BCUT2D eigenvalue weighted by Gasteiger charge is 1.97. The molecule has 0 atom stereocenters. The lowest BCUT2D eigenvalue weighted by Crippen LogP contribution is -1.91. The lowest BCUT2D eigenvalue weighted by molar-refractivity contribution is 1.29. The maximum Gasteiger partial charge on any atom is 0.163 e. The summed E-state index contributed by atoms with van der Waals surface area (Å²) in [6.07, 6.45) is 0. The number of fused-ring (bicyclic) bond motifs is 1. The van der Waals surface area contributed by atoms with Gasteiger partial charge in [-0.2, -0.15) is 0 Å². The molecule has 0 unspecified atom stereocenters. The number of hydrogen-bond donors (Lipinski definition) is 1. The van der Waals surface area contributed by atoms with Gasteiger partial charge in [0.15, 0.2) is 5.65 Å². The average Bonchev–Trinajstić information content (AvgIpc) is 2.03. The van der Waals surface area contributed by atoms with Crippen molar-refractivity contribution in [2.24, 2.45) is 0 Å². The quantitative estimate of drug-likeness (QED) is 0.628. The summed E-state index contributed by atoms with van der Waals surface area (Å²) in [6, 6.07) is 7.18. The zero-order chi connectivity index (χ0) is 8.55. The largest absolute Gasteiger partial charge is 0.384 e. The minimum atomic E-state index is 0.431. The fourth-order valence-corrected chi connectivity index (χ4v) is 1.13. The highest BCUT2D eigenvalue weighted by molar-refractivity contribution is 6.29. The van der Waals surface area contributed by atoms with E-state index in [-0.39, 0.29) is 0 Å². The van der Waals surface area contributed by atoms with E-state index >= 15 is 0 Å². The molecule has 2 aromatic rings. The van der Waals surface area contributed by atoms with Gasteiger partial charge in [-0.1, -0.05) is 11.6 Å². The molecule has 12 heavy (non-hydrogen) atoms. The van der Waals surface area contributed by atoms with Gasteiger partial charge in [0.05, 0.1) is 0 Å². The smallest absolute Gasteiger partial charge is 0.163 e. The second-order valence-corrected chi connectivity index (χ2v) is 2.80. The molecule has 2 aromatic heterocycles. The number of anilines is 1. The van der Waals surface area contributed by atoms with Crippen LogP contribution >= 0.6 is 11.6 Å². The highest BCUT2D eigenvalue weighted by Crippen LogP contribution is 2.14. The van der Waals surface area contributed by atoms with Crippen molar-refractivity contribution in [2.45, 2.75) is 0 Å². The van der Waals surface area contributed by atoms with Gasteiger partial charge in [0.1, 0.15) is 11.0 Å². The molecule has 0 fully saturated rings. The van der Waals surface area contributed by atoms with Crippen LogP contribution in [0.25, 0.3) is 11.0 Å². The van der Waals surface area contributed by atoms with E-state index < -0.39 is 0 Å². The van der Waals surface area contributed by atoms with Crippen molar-refractivity contribution >= 4 is 28.5 Å². The van der Waals surface area contributed by atoms with Crippen LogP contribution < -0.4 is 5.73 Å². The highest BCUT2D eigenvalue weighted by atomic mass is 35.5. The average molecular weight is 180 g/mol. The zero-order valence-electron chi connectivity index (χ0n) is 6.16. The zero-order valence-corrected chi connectivity index (χ0v) is 6.92. The Hall–Kier alpha value is -1.35. The predicted molar refractivity (Wildman–Crippen MR) is 49.0 cm³/mol. The third-order valence-corrected chi connectivity index (χ3v) is 1.75. The van der Waals surface area contributed by atoms with E-state index in [4.69, 9.17) is 17.3 Å². The summed E-state index contributed by atoms with van der Waals surface area (Å²) < 4.78 is 0. The van der Waals surface area contributed by atoms with E-state index in [1.807, 2.05) is 12.1 Å². The molecule has 0 aromatic carbocycles. The van der Waals surface area contributed by atoms with Gasteiger partial charge in [-0.3, -0.25) is 0 Å². The summed E-state index contributed by atoms with van der Waals surface area (Å²) in [5.74, 6) is 0.456. The topological polar surface area (TPSA) is 51.8 Å². The molecule has 0 radical (unpaired) electrons. The Labute approximate surface area is 74.2 Å². The fraction of sp³-hybridized carbons (Fsp3) is 0. The minimum Gasteiger partial charge on any atom is -0.384 e. The minimum absolute atomic E-state index is 0.431. The van der Waals surface area contributed by atoms with E-state index in [0.717, 1.165) is 5.39 Å². The third kappa shape index (κ3) is 1.19. The molecule has 0 saturated heterocycles. The van der Waals surface area contributed by atoms with E-state index in [9.17, 15) is 0 Å². The van der Waals surface area contributed by atoms with Crippen molar-refractivity contribution in [2.75, 3.05) is 5.73 Å². The number of aromatic nitrogens is 2. The Bertz CT molecular complexity index is 391. The molecule has 4 heteroatoms. The molecule has 0 aliphatic heterocycles. The molecular weight excluding hydrogens is 174 g/mol. The second kappa shape index (κ2) is 2.60. The summed E-state index contributed by atoms with van der Waals surface area (Å²) in [7, 11) is 0. The Morgan fingerprint density at radius 2 is 1.83 bits per heavy atom. The SMILES string of the molecule is Nc1ccc2ccc(Cl)nc2n1. The molecule has 0 bridgehead atoms. The molecular formula is C8H6ClN3. The number of pyridine rings is 2. The standard InChI is InChI=1S/C8H6ClN3/c9-6-3-1-5-2-4-7(10)12-8(5)11-6/h1-4H,(H2,10,11,12). The lowest BCUT2D eigenvalue weighted by atomic mass is 10.3. The van der Waals surface area contributed by atoms with Gasteiger partial charge in [0, 0.05) is 5.39 Å². The number of halogens is 1. The van der Waals surface area contributed by atoms with Gasteiger partial charge in [0.2, 0.25) is 0 Å². The summed E-state index contributed by atoms with van der Waals surface area (Å²) in [5, 5.41) is 1.37. The molecule has 0 spiro atoms. The number of rotatable bonds is 0. The summed E-state index contributed by atoms with van der Waals surface area (Å²) in [4.78, 5) is 8.03. The van der Waals surface area contributed by atoms with Crippen molar-refractivity contribution in [3.05, 3.63) is 29.4 Å². The fourth-order valence-electron chi connectivity index (χ4n) is 0.990. The van der Waals surface area contributed by atoms with E-state index in [1.54, 1.807) is 12.1 Å². The van der Waals surface area contributed by atoms with Crippen LogP contribution in [0, 0.1) is 0 Å². The maximum absolute atomic E-state index is 5.68. The molecule has 2 rings (SSSR count). The van der Waals surface area contributed by atoms with Crippen molar-refractivity contribution in [1.82, 2.24) is 9.97 Å². The molecule has 60 valence electrons. The monoisotopic (exact) mass is 179 g/mol. The van der Waals surface area contributed by atoms with Crippen LogP contribution in [-0.4, -0.2) is 9.97 Å². The molecule has 3 nitrogen and oxygen atoms in total. The number of nitrogens with two attached hydrogens (primary N) is 1. The van der Waals surface area contributed by atoms with E-state index in [0.29, 0.717) is 16.6 Å². The van der Waals surface area contributed by atoms with Crippen LogP contribution in [-0.2, 0) is 0 Å². The van der Waals surface area contributed by atoms with E-state index in [2.05, 4.69) is 9.97 Å². The summed E-state index contributed by atoms with van der Waals surface area (Å²) in [5.41, 5.74) is 6.07. The number of nitrogen functional groups attached to an aromatic ring is 1. The van der Waals surface area contributed by atoms with Gasteiger partial charge in [0.25, 0.3) is 0 Å². The first-order chi connectivity index (χ1) is 5.75. The van der Waals surface area contributed by atoms with Crippen LogP contribution in [0.1, 0.15) is 0 Å². The van der Waals surface area contributed by atoms with Crippen LogP contribution in [0.2, 0.25) is 5.15 Å². The van der Waals surface area contributed by atoms with Gasteiger partial charge >= 0.3 is 0 Å². The van der Waals surface area contributed by atoms with Gasteiger partial charge < -0.3 is 5.73 Å². The van der Waals surface area contributed by atoms with E-state index in [1.165, 1.54) is 0 Å². The maximum atomic E-state index is 5.68. The lowest BCUT2D eigenvalue weighted by Gasteiger charge is -1.96. The van der Waals surface area contributed by atoms with Crippen LogP contribution in [0.3, 0.4) is 0 Å². The Morgan fingerprint density at radius 3 is 2.67 bits per heavy atom. The Balaban J connectivity index is 2.80.